The summed E-state index contributed by atoms with van der Waals surface area (Å²) < 4.78 is 7.17. The summed E-state index contributed by atoms with van der Waals surface area (Å²) in [4.78, 5) is 4.18. The molecule has 0 saturated carbocycles. The molecule has 0 spiro atoms. The molecular formula is C15H20IN7O. The first kappa shape index (κ1) is 18.2. The second-order valence-corrected chi connectivity index (χ2v) is 4.96. The van der Waals surface area contributed by atoms with Gasteiger partial charge in [-0.25, -0.2) is 0 Å². The highest BCUT2D eigenvalue weighted by atomic mass is 127. The SMILES string of the molecule is CCc1cc(CNC(=NC)NCc2nnc3ccccn23)on1.I. The Labute approximate surface area is 156 Å². The van der Waals surface area contributed by atoms with Crippen LogP contribution in [0.5, 0.6) is 0 Å². The number of hydrogen-bond acceptors (Lipinski definition) is 5. The molecule has 2 N–H and O–H groups in total. The van der Waals surface area contributed by atoms with E-state index in [1.54, 1.807) is 7.05 Å². The minimum Gasteiger partial charge on any atom is -0.359 e. The van der Waals surface area contributed by atoms with E-state index in [-0.39, 0.29) is 24.0 Å². The molecule has 3 heterocycles. The van der Waals surface area contributed by atoms with Gasteiger partial charge in [0.2, 0.25) is 0 Å². The molecule has 0 aliphatic rings. The third-order valence-electron chi connectivity index (χ3n) is 3.42. The highest BCUT2D eigenvalue weighted by Gasteiger charge is 2.07. The number of hydrogen-bond donors (Lipinski definition) is 2. The predicted molar refractivity (Wildman–Crippen MR) is 101 cm³/mol. The summed E-state index contributed by atoms with van der Waals surface area (Å²) in [5, 5.41) is 18.6. The second kappa shape index (κ2) is 8.62. The van der Waals surface area contributed by atoms with Gasteiger partial charge in [-0.1, -0.05) is 18.1 Å². The third kappa shape index (κ3) is 4.22. The van der Waals surface area contributed by atoms with E-state index in [0.717, 1.165) is 29.3 Å². The van der Waals surface area contributed by atoms with Crippen LogP contribution in [0.25, 0.3) is 5.65 Å². The van der Waals surface area contributed by atoms with Crippen molar-refractivity contribution in [3.05, 3.63) is 47.7 Å². The van der Waals surface area contributed by atoms with Gasteiger partial charge < -0.3 is 15.2 Å². The summed E-state index contributed by atoms with van der Waals surface area (Å²) in [6, 6.07) is 7.73. The van der Waals surface area contributed by atoms with Gasteiger partial charge in [0.05, 0.1) is 18.8 Å². The van der Waals surface area contributed by atoms with Crippen molar-refractivity contribution in [2.45, 2.75) is 26.4 Å². The smallest absolute Gasteiger partial charge is 0.191 e. The number of nitrogens with zero attached hydrogens (tertiary/aromatic N) is 5. The quantitative estimate of drug-likeness (QED) is 0.356. The van der Waals surface area contributed by atoms with Crippen LogP contribution in [0.2, 0.25) is 0 Å². The summed E-state index contributed by atoms with van der Waals surface area (Å²) in [5.41, 5.74) is 1.76. The van der Waals surface area contributed by atoms with Crippen LogP contribution in [-0.2, 0) is 19.5 Å². The lowest BCUT2D eigenvalue weighted by Gasteiger charge is -2.09. The molecule has 9 heteroatoms. The Balaban J connectivity index is 0.00000208. The van der Waals surface area contributed by atoms with Crippen LogP contribution >= 0.6 is 24.0 Å². The molecule has 3 rings (SSSR count). The van der Waals surface area contributed by atoms with Gasteiger partial charge in [0, 0.05) is 19.3 Å². The van der Waals surface area contributed by atoms with E-state index in [1.165, 1.54) is 0 Å². The van der Waals surface area contributed by atoms with Crippen LogP contribution in [-0.4, -0.2) is 32.8 Å². The summed E-state index contributed by atoms with van der Waals surface area (Å²) in [6.07, 6.45) is 2.79. The highest BCUT2D eigenvalue weighted by molar-refractivity contribution is 14.0. The van der Waals surface area contributed by atoms with Gasteiger partial charge in [-0.15, -0.1) is 34.2 Å². The van der Waals surface area contributed by atoms with Gasteiger partial charge in [-0.05, 0) is 18.6 Å². The van der Waals surface area contributed by atoms with Crippen LogP contribution in [0.4, 0.5) is 0 Å². The van der Waals surface area contributed by atoms with Crippen LogP contribution in [0.3, 0.4) is 0 Å². The number of aryl methyl sites for hydroxylation is 1. The molecule has 0 amide bonds. The van der Waals surface area contributed by atoms with Gasteiger partial charge in [-0.2, -0.15) is 0 Å². The molecule has 0 atom stereocenters. The number of halogens is 1. The zero-order chi connectivity index (χ0) is 16.1. The normalized spacial score (nSPS) is 11.3. The number of rotatable bonds is 5. The Morgan fingerprint density at radius 3 is 2.83 bits per heavy atom. The Morgan fingerprint density at radius 1 is 1.25 bits per heavy atom. The van der Waals surface area contributed by atoms with Crippen LogP contribution in [0, 0.1) is 0 Å². The van der Waals surface area contributed by atoms with Crippen molar-refractivity contribution in [2.75, 3.05) is 7.05 Å². The van der Waals surface area contributed by atoms with Crippen molar-refractivity contribution < 1.29 is 4.52 Å². The first-order chi connectivity index (χ1) is 11.3. The van der Waals surface area contributed by atoms with E-state index in [2.05, 4.69) is 31.0 Å². The summed E-state index contributed by atoms with van der Waals surface area (Å²) in [6.45, 7) is 3.08. The number of fused-ring (bicyclic) bond motifs is 1. The van der Waals surface area contributed by atoms with Crippen molar-refractivity contribution in [2.24, 2.45) is 4.99 Å². The average molecular weight is 441 g/mol. The zero-order valence-corrected chi connectivity index (χ0v) is 15.9. The minimum absolute atomic E-state index is 0. The monoisotopic (exact) mass is 441 g/mol. The molecule has 0 unspecified atom stereocenters. The number of pyridine rings is 1. The maximum atomic E-state index is 5.24. The van der Waals surface area contributed by atoms with Gasteiger partial charge >= 0.3 is 0 Å². The van der Waals surface area contributed by atoms with E-state index >= 15 is 0 Å². The van der Waals surface area contributed by atoms with Gasteiger partial charge in [0.25, 0.3) is 0 Å². The predicted octanol–water partition coefficient (Wildman–Crippen LogP) is 1.76. The van der Waals surface area contributed by atoms with E-state index < -0.39 is 0 Å². The summed E-state index contributed by atoms with van der Waals surface area (Å²) >= 11 is 0. The standard InChI is InChI=1S/C15H19N7O.HI/c1-3-11-8-12(23-21-11)9-17-15(16-2)18-10-14-20-19-13-6-4-5-7-22(13)14;/h4-8H,3,9-10H2,1-2H3,(H2,16,17,18);1H. The Kier molecular flexibility index (Phi) is 6.53. The second-order valence-electron chi connectivity index (χ2n) is 4.96. The topological polar surface area (TPSA) is 92.6 Å². The van der Waals surface area contributed by atoms with Crippen LogP contribution in [0.1, 0.15) is 24.2 Å². The van der Waals surface area contributed by atoms with Crippen molar-refractivity contribution in [3.8, 4) is 0 Å². The van der Waals surface area contributed by atoms with Gasteiger partial charge in [-0.3, -0.25) is 9.39 Å². The first-order valence-electron chi connectivity index (χ1n) is 7.47. The molecule has 0 aliphatic carbocycles. The van der Waals surface area contributed by atoms with E-state index in [0.29, 0.717) is 19.0 Å². The van der Waals surface area contributed by atoms with Crippen molar-refractivity contribution in [1.82, 2.24) is 30.4 Å². The van der Waals surface area contributed by atoms with Crippen molar-refractivity contribution in [3.63, 3.8) is 0 Å². The Bertz CT molecular complexity index is 811. The van der Waals surface area contributed by atoms with E-state index in [9.17, 15) is 0 Å². The van der Waals surface area contributed by atoms with Crippen molar-refractivity contribution in [1.29, 1.82) is 0 Å². The molecule has 0 fully saturated rings. The maximum Gasteiger partial charge on any atom is 0.191 e. The van der Waals surface area contributed by atoms with Crippen molar-refractivity contribution >= 4 is 35.6 Å². The number of aromatic nitrogens is 4. The summed E-state index contributed by atoms with van der Waals surface area (Å²) in [7, 11) is 1.72. The fourth-order valence-electron chi connectivity index (χ4n) is 2.17. The molecule has 128 valence electrons. The highest BCUT2D eigenvalue weighted by Crippen LogP contribution is 2.04. The van der Waals surface area contributed by atoms with E-state index in [1.807, 2.05) is 41.8 Å². The van der Waals surface area contributed by atoms with Crippen LogP contribution in [0.15, 0.2) is 40.0 Å². The Hall–Kier alpha value is -2.17. The lowest BCUT2D eigenvalue weighted by molar-refractivity contribution is 0.374. The fourth-order valence-corrected chi connectivity index (χ4v) is 2.17. The molecule has 0 aromatic carbocycles. The summed E-state index contributed by atoms with van der Waals surface area (Å²) in [5.74, 6) is 2.25. The average Bonchev–Trinajstić information content (AvgIpc) is 3.22. The minimum atomic E-state index is 0. The lowest BCUT2D eigenvalue weighted by atomic mass is 10.3. The zero-order valence-electron chi connectivity index (χ0n) is 13.6. The lowest BCUT2D eigenvalue weighted by Crippen LogP contribution is -2.36. The number of nitrogens with one attached hydrogen (secondary N) is 2. The molecule has 0 radical (unpaired) electrons. The molecule has 0 saturated heterocycles. The van der Waals surface area contributed by atoms with Crippen LogP contribution < -0.4 is 10.6 Å². The van der Waals surface area contributed by atoms with Gasteiger partial charge in [0.1, 0.15) is 0 Å². The molecule has 24 heavy (non-hydrogen) atoms. The molecule has 3 aromatic rings. The van der Waals surface area contributed by atoms with E-state index in [4.69, 9.17) is 4.52 Å². The van der Waals surface area contributed by atoms with Gasteiger partial charge in [0.15, 0.2) is 23.2 Å². The third-order valence-corrected chi connectivity index (χ3v) is 3.42. The molecule has 8 nitrogen and oxygen atoms in total. The molecule has 0 aliphatic heterocycles. The first-order valence-corrected chi connectivity index (χ1v) is 7.47. The largest absolute Gasteiger partial charge is 0.359 e. The molecule has 0 bridgehead atoms. The molecular weight excluding hydrogens is 421 g/mol. The number of aliphatic imine (C=N–C) groups is 1. The Morgan fingerprint density at radius 2 is 2.08 bits per heavy atom. The number of guanidine groups is 1. The maximum absolute atomic E-state index is 5.24. The fraction of sp³-hybridized carbons (Fsp3) is 0.333. The molecule has 3 aromatic heterocycles.